The fourth-order valence-electron chi connectivity index (χ4n) is 3.13. The molecule has 21 heavy (non-hydrogen) atoms. The number of hydrogen-bond donors (Lipinski definition) is 1. The number of ether oxygens (including phenoxy) is 1. The molecule has 1 N–H and O–H groups in total. The lowest BCUT2D eigenvalue weighted by Gasteiger charge is -2.36. The number of morpholine rings is 1. The lowest BCUT2D eigenvalue weighted by atomic mass is 10.0. The Morgan fingerprint density at radius 2 is 2.05 bits per heavy atom. The van der Waals surface area contributed by atoms with E-state index in [-0.39, 0.29) is 0 Å². The highest BCUT2D eigenvalue weighted by molar-refractivity contribution is 6.30. The molecule has 4 heteroatoms. The van der Waals surface area contributed by atoms with Crippen molar-refractivity contribution in [2.24, 2.45) is 0 Å². The monoisotopic (exact) mass is 310 g/mol. The molecule has 1 fully saturated rings. The van der Waals surface area contributed by atoms with Crippen molar-refractivity contribution in [3.8, 4) is 0 Å². The van der Waals surface area contributed by atoms with E-state index in [9.17, 15) is 0 Å². The minimum Gasteiger partial charge on any atom is -0.373 e. The Bertz CT molecular complexity index is 431. The van der Waals surface area contributed by atoms with Crippen molar-refractivity contribution in [2.45, 2.75) is 45.4 Å². The van der Waals surface area contributed by atoms with Gasteiger partial charge in [0.1, 0.15) is 0 Å². The fourth-order valence-corrected chi connectivity index (χ4v) is 3.33. The van der Waals surface area contributed by atoms with Crippen LogP contribution >= 0.6 is 11.6 Å². The highest BCUT2D eigenvalue weighted by atomic mass is 35.5. The number of benzene rings is 1. The number of nitrogens with one attached hydrogen (secondary N) is 1. The third kappa shape index (κ3) is 5.26. The zero-order chi connectivity index (χ0) is 15.2. The largest absolute Gasteiger partial charge is 0.373 e. The Morgan fingerprint density at radius 1 is 1.33 bits per heavy atom. The summed E-state index contributed by atoms with van der Waals surface area (Å²) in [7, 11) is 0. The van der Waals surface area contributed by atoms with Gasteiger partial charge in [-0.2, -0.15) is 0 Å². The van der Waals surface area contributed by atoms with Crippen molar-refractivity contribution >= 4 is 11.6 Å². The third-order valence-electron chi connectivity index (χ3n) is 3.93. The molecule has 0 radical (unpaired) electrons. The lowest BCUT2D eigenvalue weighted by molar-refractivity contribution is -0.0685. The molecule has 0 bridgehead atoms. The van der Waals surface area contributed by atoms with Crippen LogP contribution in [-0.4, -0.2) is 43.3 Å². The first-order chi connectivity index (χ1) is 10.1. The van der Waals surface area contributed by atoms with Crippen molar-refractivity contribution in [1.82, 2.24) is 10.2 Å². The zero-order valence-corrected chi connectivity index (χ0v) is 14.1. The summed E-state index contributed by atoms with van der Waals surface area (Å²) >= 11 is 6.12. The van der Waals surface area contributed by atoms with Gasteiger partial charge >= 0.3 is 0 Å². The highest BCUT2D eigenvalue weighted by Gasteiger charge is 2.22. The van der Waals surface area contributed by atoms with E-state index < -0.39 is 0 Å². The van der Waals surface area contributed by atoms with E-state index in [4.69, 9.17) is 16.3 Å². The average Bonchev–Trinajstić information content (AvgIpc) is 2.42. The van der Waals surface area contributed by atoms with Crippen molar-refractivity contribution in [3.63, 3.8) is 0 Å². The molecule has 3 unspecified atom stereocenters. The Kier molecular flexibility index (Phi) is 6.49. The van der Waals surface area contributed by atoms with Crippen LogP contribution in [0.2, 0.25) is 5.02 Å². The number of hydrogen-bond acceptors (Lipinski definition) is 3. The summed E-state index contributed by atoms with van der Waals surface area (Å²) in [4.78, 5) is 2.51. The molecule has 0 saturated carbocycles. The molecule has 1 aliphatic heterocycles. The van der Waals surface area contributed by atoms with Crippen molar-refractivity contribution in [2.75, 3.05) is 26.2 Å². The smallest absolute Gasteiger partial charge is 0.0678 e. The fraction of sp³-hybridized carbons (Fsp3) is 0.647. The molecule has 3 nitrogen and oxygen atoms in total. The minimum absolute atomic E-state index is 0.331. The Labute approximate surface area is 133 Å². The SMILES string of the molecule is CCNC(CCN1CC(C)OC(C)C1)c1cccc(Cl)c1. The maximum absolute atomic E-state index is 6.12. The number of rotatable bonds is 6. The zero-order valence-electron chi connectivity index (χ0n) is 13.3. The first kappa shape index (κ1) is 16.8. The van der Waals surface area contributed by atoms with E-state index in [1.807, 2.05) is 12.1 Å². The van der Waals surface area contributed by atoms with Crippen LogP contribution in [-0.2, 0) is 4.74 Å². The van der Waals surface area contributed by atoms with Gasteiger partial charge in [-0.25, -0.2) is 0 Å². The first-order valence-corrected chi connectivity index (χ1v) is 8.33. The van der Waals surface area contributed by atoms with Gasteiger partial charge in [-0.15, -0.1) is 0 Å². The van der Waals surface area contributed by atoms with Gasteiger partial charge in [0.15, 0.2) is 0 Å². The Balaban J connectivity index is 1.94. The third-order valence-corrected chi connectivity index (χ3v) is 4.17. The van der Waals surface area contributed by atoms with Gasteiger partial charge in [0, 0.05) is 30.7 Å². The second kappa shape index (κ2) is 8.14. The van der Waals surface area contributed by atoms with Crippen LogP contribution in [0.15, 0.2) is 24.3 Å². The van der Waals surface area contributed by atoms with Gasteiger partial charge in [-0.05, 0) is 44.5 Å². The van der Waals surface area contributed by atoms with Crippen LogP contribution in [0.4, 0.5) is 0 Å². The molecule has 1 aromatic rings. The first-order valence-electron chi connectivity index (χ1n) is 7.95. The maximum Gasteiger partial charge on any atom is 0.0678 e. The summed E-state index contributed by atoms with van der Waals surface area (Å²) in [5.74, 6) is 0. The van der Waals surface area contributed by atoms with Gasteiger partial charge in [0.2, 0.25) is 0 Å². The van der Waals surface area contributed by atoms with Crippen LogP contribution in [0.5, 0.6) is 0 Å². The summed E-state index contributed by atoms with van der Waals surface area (Å²) in [6, 6.07) is 8.55. The summed E-state index contributed by atoms with van der Waals surface area (Å²) in [5, 5.41) is 4.38. The van der Waals surface area contributed by atoms with E-state index in [2.05, 4.69) is 43.1 Å². The van der Waals surface area contributed by atoms with Crippen LogP contribution < -0.4 is 5.32 Å². The molecule has 2 rings (SSSR count). The topological polar surface area (TPSA) is 24.5 Å². The van der Waals surface area contributed by atoms with E-state index >= 15 is 0 Å². The molecule has 1 heterocycles. The van der Waals surface area contributed by atoms with Gasteiger partial charge in [-0.3, -0.25) is 4.90 Å². The highest BCUT2D eigenvalue weighted by Crippen LogP contribution is 2.21. The van der Waals surface area contributed by atoms with Crippen molar-refractivity contribution in [3.05, 3.63) is 34.9 Å². The van der Waals surface area contributed by atoms with E-state index in [1.54, 1.807) is 0 Å². The van der Waals surface area contributed by atoms with Crippen LogP contribution in [0.3, 0.4) is 0 Å². The Morgan fingerprint density at radius 3 is 2.67 bits per heavy atom. The van der Waals surface area contributed by atoms with Crippen LogP contribution in [0.1, 0.15) is 38.8 Å². The van der Waals surface area contributed by atoms with Crippen LogP contribution in [0, 0.1) is 0 Å². The molecule has 0 spiro atoms. The predicted molar refractivity (Wildman–Crippen MR) is 88.9 cm³/mol. The molecule has 0 aromatic heterocycles. The molecule has 1 aromatic carbocycles. The summed E-state index contributed by atoms with van der Waals surface area (Å²) in [6.07, 6.45) is 1.75. The molecule has 0 aliphatic carbocycles. The molecular formula is C17H27ClN2O. The molecular weight excluding hydrogens is 284 g/mol. The van der Waals surface area contributed by atoms with Gasteiger partial charge in [-0.1, -0.05) is 30.7 Å². The van der Waals surface area contributed by atoms with E-state index in [0.29, 0.717) is 18.2 Å². The Hall–Kier alpha value is -0.610. The maximum atomic E-state index is 6.12. The summed E-state index contributed by atoms with van der Waals surface area (Å²) < 4.78 is 5.80. The molecule has 1 aliphatic rings. The van der Waals surface area contributed by atoms with Gasteiger partial charge in [0.25, 0.3) is 0 Å². The van der Waals surface area contributed by atoms with Crippen LogP contribution in [0.25, 0.3) is 0 Å². The standard InChI is InChI=1S/C17H27ClN2O/c1-4-19-17(15-6-5-7-16(18)10-15)8-9-20-11-13(2)21-14(3)12-20/h5-7,10,13-14,17,19H,4,8-9,11-12H2,1-3H3. The number of halogens is 1. The van der Waals surface area contributed by atoms with Crippen molar-refractivity contribution < 1.29 is 4.74 Å². The average molecular weight is 311 g/mol. The second-order valence-electron chi connectivity index (χ2n) is 5.97. The normalized spacial score (nSPS) is 25.0. The molecule has 118 valence electrons. The van der Waals surface area contributed by atoms with E-state index in [1.165, 1.54) is 5.56 Å². The minimum atomic E-state index is 0.331. The molecule has 1 saturated heterocycles. The number of nitrogens with zero attached hydrogens (tertiary/aromatic N) is 1. The molecule has 0 amide bonds. The summed E-state index contributed by atoms with van der Waals surface area (Å²) in [5.41, 5.74) is 1.28. The van der Waals surface area contributed by atoms with Crippen molar-refractivity contribution in [1.29, 1.82) is 0 Å². The quantitative estimate of drug-likeness (QED) is 0.870. The summed E-state index contributed by atoms with van der Waals surface area (Å²) in [6.45, 7) is 10.6. The predicted octanol–water partition coefficient (Wildman–Crippen LogP) is 3.49. The lowest BCUT2D eigenvalue weighted by Crippen LogP contribution is -2.46. The second-order valence-corrected chi connectivity index (χ2v) is 6.41. The molecule has 3 atom stereocenters. The van der Waals surface area contributed by atoms with E-state index in [0.717, 1.165) is 37.6 Å². The van der Waals surface area contributed by atoms with Gasteiger partial charge in [0.05, 0.1) is 12.2 Å². The van der Waals surface area contributed by atoms with Gasteiger partial charge < -0.3 is 10.1 Å².